The molecule has 1 heterocycles. The minimum atomic E-state index is -0.705. The van der Waals surface area contributed by atoms with Crippen LogP contribution in [0.25, 0.3) is 0 Å². The summed E-state index contributed by atoms with van der Waals surface area (Å²) in [6, 6.07) is 0. The molecule has 0 aromatic carbocycles. The smallest absolute Gasteiger partial charge is 0.335 e. The van der Waals surface area contributed by atoms with Crippen LogP contribution in [-0.2, 0) is 133 Å². The summed E-state index contributed by atoms with van der Waals surface area (Å²) < 4.78 is 131. The number of hydroxylamine groups is 2. The normalized spacial score (nSPS) is 12.7. The second-order valence-electron chi connectivity index (χ2n) is 16.9. The van der Waals surface area contributed by atoms with Crippen LogP contribution < -0.4 is 0 Å². The van der Waals surface area contributed by atoms with E-state index < -0.39 is 17.8 Å². The van der Waals surface area contributed by atoms with Crippen molar-refractivity contribution in [2.75, 3.05) is 318 Å². The highest BCUT2D eigenvalue weighted by Crippen LogP contribution is 2.12. The fraction of sp³-hybridized carbons (Fsp3) is 0.944. The fourth-order valence-electron chi connectivity index (χ4n) is 6.04. The third-order valence-electron chi connectivity index (χ3n) is 10.3. The molecule has 0 spiro atoms. The third kappa shape index (κ3) is 62.5. The number of ether oxygens (including phenoxy) is 24. The molecular weight excluding hydrogens is 1110 g/mol. The molecular formula is C54H103NO28. The highest BCUT2D eigenvalue weighted by molar-refractivity contribution is 6.01. The summed E-state index contributed by atoms with van der Waals surface area (Å²) in [5.74, 6) is -1.74. The van der Waals surface area contributed by atoms with Crippen LogP contribution in [0.5, 0.6) is 0 Å². The number of carbonyl (C=O) groups excluding carboxylic acids is 3. The summed E-state index contributed by atoms with van der Waals surface area (Å²) in [5, 5.41) is 0.517. The Kier molecular flexibility index (Phi) is 65.2. The summed E-state index contributed by atoms with van der Waals surface area (Å²) in [6.45, 7) is 21.9. The zero-order chi connectivity index (χ0) is 59.3. The number of amides is 2. The zero-order valence-corrected chi connectivity index (χ0v) is 49.7. The lowest BCUT2D eigenvalue weighted by atomic mass is 10.4. The van der Waals surface area contributed by atoms with Gasteiger partial charge in [-0.15, -0.1) is 5.06 Å². The monoisotopic (exact) mass is 1210 g/mol. The van der Waals surface area contributed by atoms with Gasteiger partial charge in [-0.3, -0.25) is 9.59 Å². The summed E-state index contributed by atoms with van der Waals surface area (Å²) in [7, 11) is 1.64. The van der Waals surface area contributed by atoms with E-state index in [0.29, 0.717) is 302 Å². The molecule has 2 amide bonds. The average molecular weight is 1210 g/mol. The summed E-state index contributed by atoms with van der Waals surface area (Å²) in [4.78, 5) is 39.3. The topological polar surface area (TPSA) is 285 Å². The number of hydrogen-bond acceptors (Lipinski definition) is 28. The number of carbonyl (C=O) groups is 3. The largest absolute Gasteiger partial charge is 0.382 e. The highest BCUT2D eigenvalue weighted by atomic mass is 16.7. The van der Waals surface area contributed by atoms with Gasteiger partial charge >= 0.3 is 5.97 Å². The van der Waals surface area contributed by atoms with Gasteiger partial charge in [-0.25, -0.2) is 4.79 Å². The van der Waals surface area contributed by atoms with Crippen molar-refractivity contribution in [1.82, 2.24) is 5.06 Å². The number of methoxy groups -OCH3 is 1. The van der Waals surface area contributed by atoms with Gasteiger partial charge in [0.05, 0.1) is 317 Å². The first kappa shape index (κ1) is 78.7. The summed E-state index contributed by atoms with van der Waals surface area (Å²) >= 11 is 0. The van der Waals surface area contributed by atoms with Gasteiger partial charge in [0.15, 0.2) is 0 Å². The van der Waals surface area contributed by atoms with E-state index in [1.165, 1.54) is 0 Å². The number of hydrogen-bond donors (Lipinski definition) is 0. The first-order valence-electron chi connectivity index (χ1n) is 29.0. The number of imide groups is 1. The molecule has 1 aliphatic heterocycles. The van der Waals surface area contributed by atoms with E-state index in [9.17, 15) is 14.4 Å². The molecule has 0 bridgehead atoms. The van der Waals surface area contributed by atoms with Crippen LogP contribution in [0.15, 0.2) is 0 Å². The minimum Gasteiger partial charge on any atom is -0.382 e. The fourth-order valence-corrected chi connectivity index (χ4v) is 6.04. The molecule has 0 radical (unpaired) electrons. The first-order chi connectivity index (χ1) is 41.1. The van der Waals surface area contributed by atoms with Crippen molar-refractivity contribution in [3.8, 4) is 0 Å². The molecule has 0 aromatic rings. The van der Waals surface area contributed by atoms with Gasteiger partial charge in [-0.05, 0) is 0 Å². The third-order valence-corrected chi connectivity index (χ3v) is 10.3. The Balaban J connectivity index is 1.59. The Morgan fingerprint density at radius 2 is 0.373 bits per heavy atom. The van der Waals surface area contributed by atoms with Crippen LogP contribution >= 0.6 is 0 Å². The Labute approximate surface area is 491 Å². The maximum atomic E-state index is 11.7. The molecule has 1 saturated heterocycles. The zero-order valence-electron chi connectivity index (χ0n) is 49.7. The van der Waals surface area contributed by atoms with Crippen molar-refractivity contribution in [2.45, 2.75) is 19.3 Å². The van der Waals surface area contributed by atoms with Gasteiger partial charge < -0.3 is 119 Å². The maximum Gasteiger partial charge on any atom is 0.335 e. The summed E-state index contributed by atoms with van der Waals surface area (Å²) in [5.41, 5.74) is 0. The standard InChI is InChI=1S/C54H103NO28/c1-59-6-7-61-10-11-63-14-15-65-18-19-67-22-23-69-26-27-71-30-31-73-34-35-75-38-39-77-42-43-79-46-47-81-50-51-82-49-48-80-45-44-78-41-40-76-37-36-74-33-32-72-29-28-70-25-24-68-21-20-66-17-16-64-13-12-62-9-8-60-5-4-54(58)83-55-52(56)2-3-53(55)57/h2-51H2,1H3. The van der Waals surface area contributed by atoms with Gasteiger partial charge in [-0.1, -0.05) is 0 Å². The van der Waals surface area contributed by atoms with Crippen molar-refractivity contribution >= 4 is 17.8 Å². The second kappa shape index (κ2) is 68.8. The van der Waals surface area contributed by atoms with Crippen molar-refractivity contribution in [2.24, 2.45) is 0 Å². The molecule has 0 saturated carbocycles. The van der Waals surface area contributed by atoms with Crippen LogP contribution in [0, 0.1) is 0 Å². The number of nitrogens with zero attached hydrogens (tertiary/aromatic N) is 1. The van der Waals surface area contributed by atoms with E-state index in [1.807, 2.05) is 0 Å². The molecule has 0 atom stereocenters. The molecule has 0 unspecified atom stereocenters. The molecule has 0 aliphatic carbocycles. The van der Waals surface area contributed by atoms with Crippen LogP contribution in [0.4, 0.5) is 0 Å². The predicted molar refractivity (Wildman–Crippen MR) is 293 cm³/mol. The van der Waals surface area contributed by atoms with E-state index in [-0.39, 0.29) is 32.5 Å². The van der Waals surface area contributed by atoms with E-state index in [0.717, 1.165) is 0 Å². The molecule has 1 aliphatic rings. The minimum absolute atomic E-state index is 0.0525. The quantitative estimate of drug-likeness (QED) is 0.0573. The van der Waals surface area contributed by atoms with E-state index >= 15 is 0 Å². The van der Waals surface area contributed by atoms with Gasteiger partial charge in [0, 0.05) is 20.0 Å². The van der Waals surface area contributed by atoms with E-state index in [1.54, 1.807) is 7.11 Å². The van der Waals surface area contributed by atoms with Crippen LogP contribution in [0.1, 0.15) is 19.3 Å². The average Bonchev–Trinajstić information content (AvgIpc) is 3.96. The van der Waals surface area contributed by atoms with E-state index in [2.05, 4.69) is 0 Å². The van der Waals surface area contributed by atoms with Gasteiger partial charge in [0.1, 0.15) is 0 Å². The van der Waals surface area contributed by atoms with Crippen LogP contribution in [0.2, 0.25) is 0 Å². The van der Waals surface area contributed by atoms with Crippen molar-refractivity contribution in [3.63, 3.8) is 0 Å². The van der Waals surface area contributed by atoms with Crippen molar-refractivity contribution < 1.29 is 133 Å². The van der Waals surface area contributed by atoms with E-state index in [4.69, 9.17) is 119 Å². The summed E-state index contributed by atoms with van der Waals surface area (Å²) in [6.07, 6.45) is 0.0233. The highest BCUT2D eigenvalue weighted by Gasteiger charge is 2.32. The molecule has 29 nitrogen and oxygen atoms in total. The number of rotatable bonds is 73. The Morgan fingerprint density at radius 1 is 0.241 bits per heavy atom. The second-order valence-corrected chi connectivity index (χ2v) is 16.9. The Hall–Kier alpha value is -2.35. The maximum absolute atomic E-state index is 11.7. The van der Waals surface area contributed by atoms with Crippen molar-refractivity contribution in [1.29, 1.82) is 0 Å². The molecule has 0 N–H and O–H groups in total. The van der Waals surface area contributed by atoms with Gasteiger partial charge in [0.25, 0.3) is 11.8 Å². The molecule has 29 heteroatoms. The van der Waals surface area contributed by atoms with Gasteiger partial charge in [-0.2, -0.15) is 0 Å². The molecule has 492 valence electrons. The first-order valence-corrected chi connectivity index (χ1v) is 29.0. The van der Waals surface area contributed by atoms with Crippen molar-refractivity contribution in [3.05, 3.63) is 0 Å². The Morgan fingerprint density at radius 3 is 0.518 bits per heavy atom. The molecule has 83 heavy (non-hydrogen) atoms. The molecule has 1 rings (SSSR count). The van der Waals surface area contributed by atoms with Gasteiger partial charge in [0.2, 0.25) is 0 Å². The molecule has 0 aromatic heterocycles. The molecule has 1 fully saturated rings. The van der Waals surface area contributed by atoms with Crippen LogP contribution in [-0.4, -0.2) is 340 Å². The lowest BCUT2D eigenvalue weighted by Crippen LogP contribution is -2.32. The predicted octanol–water partition coefficient (Wildman–Crippen LogP) is 0.0119. The lowest BCUT2D eigenvalue weighted by Gasteiger charge is -2.12. The lowest BCUT2D eigenvalue weighted by molar-refractivity contribution is -0.198. The SMILES string of the molecule is COCCOCCOCCOCCOCCOCCOCCOCCOCCOCCOCCOCCOCCOCCOCCOCCOCCOCCOCCOCCOCCOCCOCCOCCC(=O)ON1C(=O)CCC1=O. The van der Waals surface area contributed by atoms with Crippen LogP contribution in [0.3, 0.4) is 0 Å². The Bertz CT molecular complexity index is 1320.